The van der Waals surface area contributed by atoms with Gasteiger partial charge in [0.1, 0.15) is 6.61 Å². The van der Waals surface area contributed by atoms with Crippen molar-refractivity contribution in [2.45, 2.75) is 51.2 Å². The van der Waals surface area contributed by atoms with Gasteiger partial charge in [0, 0.05) is 11.9 Å². The minimum Gasteiger partial charge on any atom is -0.457 e. The molecule has 0 spiro atoms. The smallest absolute Gasteiger partial charge is 0.340 e. The van der Waals surface area contributed by atoms with Gasteiger partial charge in [0.05, 0.1) is 17.8 Å². The van der Waals surface area contributed by atoms with Crippen molar-refractivity contribution in [1.82, 2.24) is 4.98 Å². The van der Waals surface area contributed by atoms with E-state index in [1.165, 1.54) is 37.7 Å². The Hall–Kier alpha value is -3.14. The summed E-state index contributed by atoms with van der Waals surface area (Å²) >= 11 is 0. The van der Waals surface area contributed by atoms with Crippen LogP contribution in [-0.2, 0) is 17.9 Å². The van der Waals surface area contributed by atoms with Gasteiger partial charge in [-0.1, -0.05) is 67.8 Å². The summed E-state index contributed by atoms with van der Waals surface area (Å²) in [7, 11) is 0. The first-order chi connectivity index (χ1) is 14.8. The highest BCUT2D eigenvalue weighted by Crippen LogP contribution is 2.32. The Labute approximate surface area is 178 Å². The summed E-state index contributed by atoms with van der Waals surface area (Å²) in [5, 5.41) is 3.34. The minimum atomic E-state index is -0.331. The highest BCUT2D eigenvalue weighted by molar-refractivity contribution is 5.95. The lowest BCUT2D eigenvalue weighted by Gasteiger charge is -2.21. The fraction of sp³-hybridized carbons (Fsp3) is 0.308. The number of rotatable bonds is 7. The van der Waals surface area contributed by atoms with E-state index in [0.717, 1.165) is 16.9 Å². The molecule has 4 rings (SSSR count). The summed E-state index contributed by atoms with van der Waals surface area (Å²) < 4.78 is 5.50. The van der Waals surface area contributed by atoms with Crippen molar-refractivity contribution in [2.75, 3.05) is 5.32 Å². The van der Waals surface area contributed by atoms with Crippen molar-refractivity contribution in [1.29, 1.82) is 0 Å². The van der Waals surface area contributed by atoms with Crippen molar-refractivity contribution in [3.05, 3.63) is 95.3 Å². The monoisotopic (exact) mass is 400 g/mol. The number of pyridine rings is 1. The molecule has 4 heteroatoms. The number of anilines is 1. The predicted molar refractivity (Wildman–Crippen MR) is 119 cm³/mol. The van der Waals surface area contributed by atoms with Gasteiger partial charge in [-0.05, 0) is 48.1 Å². The number of carbonyl (C=O) groups excluding carboxylic acids is 1. The average Bonchev–Trinajstić information content (AvgIpc) is 2.83. The number of aromatic nitrogens is 1. The number of hydrogen-bond donors (Lipinski definition) is 1. The number of esters is 1. The van der Waals surface area contributed by atoms with E-state index in [2.05, 4.69) is 22.4 Å². The molecular formula is C26H28N2O2. The summed E-state index contributed by atoms with van der Waals surface area (Å²) in [5.41, 5.74) is 4.57. The molecule has 0 atom stereocenters. The van der Waals surface area contributed by atoms with E-state index < -0.39 is 0 Å². The van der Waals surface area contributed by atoms with Crippen LogP contribution < -0.4 is 5.32 Å². The van der Waals surface area contributed by atoms with E-state index in [9.17, 15) is 4.79 Å². The quantitative estimate of drug-likeness (QED) is 0.487. The minimum absolute atomic E-state index is 0.262. The van der Waals surface area contributed by atoms with E-state index in [4.69, 9.17) is 4.74 Å². The lowest BCUT2D eigenvalue weighted by atomic mass is 9.85. The van der Waals surface area contributed by atoms with E-state index >= 15 is 0 Å². The molecule has 0 saturated heterocycles. The first-order valence-electron chi connectivity index (χ1n) is 10.8. The summed E-state index contributed by atoms with van der Waals surface area (Å²) in [6.45, 7) is 0.826. The maximum absolute atomic E-state index is 12.6. The van der Waals surface area contributed by atoms with Gasteiger partial charge >= 0.3 is 5.97 Å². The van der Waals surface area contributed by atoms with Crippen LogP contribution in [0.4, 0.5) is 5.69 Å². The van der Waals surface area contributed by atoms with Gasteiger partial charge in [-0.25, -0.2) is 4.79 Å². The first kappa shape index (κ1) is 20.1. The second-order valence-electron chi connectivity index (χ2n) is 7.88. The Morgan fingerprint density at radius 2 is 1.70 bits per heavy atom. The van der Waals surface area contributed by atoms with Crippen LogP contribution in [0.15, 0.2) is 72.9 Å². The molecule has 1 saturated carbocycles. The maximum atomic E-state index is 12.6. The molecular weight excluding hydrogens is 372 g/mol. The van der Waals surface area contributed by atoms with Crippen molar-refractivity contribution in [2.24, 2.45) is 0 Å². The van der Waals surface area contributed by atoms with Gasteiger partial charge in [0.15, 0.2) is 0 Å². The van der Waals surface area contributed by atoms with Crippen molar-refractivity contribution < 1.29 is 9.53 Å². The number of benzene rings is 2. The Bertz CT molecular complexity index is 948. The second kappa shape index (κ2) is 10.1. The van der Waals surface area contributed by atoms with Crippen LogP contribution in [0.1, 0.15) is 65.2 Å². The maximum Gasteiger partial charge on any atom is 0.340 e. The summed E-state index contributed by atoms with van der Waals surface area (Å²) in [6, 6.07) is 21.5. The third-order valence-corrected chi connectivity index (χ3v) is 5.74. The van der Waals surface area contributed by atoms with E-state index in [1.54, 1.807) is 6.07 Å². The molecule has 154 valence electrons. The zero-order valence-corrected chi connectivity index (χ0v) is 17.2. The lowest BCUT2D eigenvalue weighted by Crippen LogP contribution is -2.11. The van der Waals surface area contributed by atoms with Crippen LogP contribution >= 0.6 is 0 Å². The highest BCUT2D eigenvalue weighted by atomic mass is 16.5. The molecule has 0 bridgehead atoms. The molecule has 1 fully saturated rings. The fourth-order valence-electron chi connectivity index (χ4n) is 4.02. The molecule has 0 aliphatic heterocycles. The third-order valence-electron chi connectivity index (χ3n) is 5.74. The molecule has 1 aliphatic rings. The molecule has 0 unspecified atom stereocenters. The van der Waals surface area contributed by atoms with Crippen molar-refractivity contribution >= 4 is 11.7 Å². The van der Waals surface area contributed by atoms with Gasteiger partial charge in [0.2, 0.25) is 0 Å². The third kappa shape index (κ3) is 5.26. The molecule has 1 aliphatic carbocycles. The van der Waals surface area contributed by atoms with E-state index in [1.807, 2.05) is 54.7 Å². The van der Waals surface area contributed by atoms with Gasteiger partial charge in [0.25, 0.3) is 0 Å². The topological polar surface area (TPSA) is 51.2 Å². The standard InChI is InChI=1S/C26H28N2O2/c29-26(30-19-20-9-3-1-4-10-20)24-13-7-8-14-25(24)28-18-23-16-15-22(17-27-23)21-11-5-2-6-12-21/h1,3-4,7-10,13-17,21,28H,2,5-6,11-12,18-19H2. The summed E-state index contributed by atoms with van der Waals surface area (Å²) in [6.07, 6.45) is 8.58. The summed E-state index contributed by atoms with van der Waals surface area (Å²) in [4.78, 5) is 17.2. The molecule has 1 N–H and O–H groups in total. The SMILES string of the molecule is O=C(OCc1ccccc1)c1ccccc1NCc1ccc(C2CCCCC2)cn1. The molecule has 1 heterocycles. The van der Waals surface area contributed by atoms with Crippen molar-refractivity contribution in [3.63, 3.8) is 0 Å². The Balaban J connectivity index is 1.36. The van der Waals surface area contributed by atoms with Crippen LogP contribution in [0.5, 0.6) is 0 Å². The zero-order valence-electron chi connectivity index (χ0n) is 17.2. The largest absolute Gasteiger partial charge is 0.457 e. The first-order valence-corrected chi connectivity index (χ1v) is 10.8. The van der Waals surface area contributed by atoms with Crippen LogP contribution in [0.2, 0.25) is 0 Å². The highest BCUT2D eigenvalue weighted by Gasteiger charge is 2.16. The number of ether oxygens (including phenoxy) is 1. The number of carbonyl (C=O) groups is 1. The summed E-state index contributed by atoms with van der Waals surface area (Å²) in [5.74, 6) is 0.330. The van der Waals surface area contributed by atoms with Crippen LogP contribution in [0.25, 0.3) is 0 Å². The van der Waals surface area contributed by atoms with Crippen LogP contribution in [0.3, 0.4) is 0 Å². The number of hydrogen-bond acceptors (Lipinski definition) is 4. The molecule has 3 aromatic rings. The van der Waals surface area contributed by atoms with Gasteiger partial charge in [-0.2, -0.15) is 0 Å². The zero-order chi connectivity index (χ0) is 20.6. The van der Waals surface area contributed by atoms with Crippen LogP contribution in [0, 0.1) is 0 Å². The normalized spacial score (nSPS) is 14.3. The predicted octanol–water partition coefficient (Wildman–Crippen LogP) is 6.10. The van der Waals surface area contributed by atoms with E-state index in [-0.39, 0.29) is 12.6 Å². The Morgan fingerprint density at radius 1 is 0.933 bits per heavy atom. The Morgan fingerprint density at radius 3 is 2.47 bits per heavy atom. The second-order valence-corrected chi connectivity index (χ2v) is 7.88. The fourth-order valence-corrected chi connectivity index (χ4v) is 4.02. The molecule has 0 amide bonds. The van der Waals surface area contributed by atoms with Gasteiger partial charge < -0.3 is 10.1 Å². The Kier molecular flexibility index (Phi) is 6.75. The van der Waals surface area contributed by atoms with E-state index in [0.29, 0.717) is 18.0 Å². The number of para-hydroxylation sites is 1. The lowest BCUT2D eigenvalue weighted by molar-refractivity contribution is 0.0474. The van der Waals surface area contributed by atoms with Gasteiger partial charge in [-0.15, -0.1) is 0 Å². The van der Waals surface area contributed by atoms with Gasteiger partial charge in [-0.3, -0.25) is 4.98 Å². The average molecular weight is 401 g/mol. The molecule has 4 nitrogen and oxygen atoms in total. The number of nitrogens with zero attached hydrogens (tertiary/aromatic N) is 1. The molecule has 30 heavy (non-hydrogen) atoms. The molecule has 0 radical (unpaired) electrons. The van der Waals surface area contributed by atoms with Crippen molar-refractivity contribution in [3.8, 4) is 0 Å². The number of nitrogens with one attached hydrogen (secondary N) is 1. The molecule has 2 aromatic carbocycles. The molecule has 1 aromatic heterocycles. The van der Waals surface area contributed by atoms with Crippen LogP contribution in [-0.4, -0.2) is 11.0 Å².